The van der Waals surface area contributed by atoms with Gasteiger partial charge in [0.2, 0.25) is 0 Å². The second kappa shape index (κ2) is 3.47. The van der Waals surface area contributed by atoms with Crippen LogP contribution >= 0.6 is 11.3 Å². The summed E-state index contributed by atoms with van der Waals surface area (Å²) in [5.74, 6) is 0. The van der Waals surface area contributed by atoms with Crippen LogP contribution in [0.3, 0.4) is 0 Å². The predicted molar refractivity (Wildman–Crippen MR) is 55.2 cm³/mol. The Morgan fingerprint density at radius 3 is 3.08 bits per heavy atom. The van der Waals surface area contributed by atoms with Crippen molar-refractivity contribution in [1.82, 2.24) is 9.38 Å². The third kappa shape index (κ3) is 1.36. The summed E-state index contributed by atoms with van der Waals surface area (Å²) >= 11 is 1.69. The second-order valence-electron chi connectivity index (χ2n) is 2.99. The first kappa shape index (κ1) is 8.72. The third-order valence-electron chi connectivity index (χ3n) is 2.15. The molecular formula is C9H13N3S. The van der Waals surface area contributed by atoms with Crippen LogP contribution in [-0.4, -0.2) is 15.9 Å². The van der Waals surface area contributed by atoms with Crippen LogP contribution in [0.15, 0.2) is 11.6 Å². The molecule has 0 aliphatic heterocycles. The molecule has 3 nitrogen and oxygen atoms in total. The van der Waals surface area contributed by atoms with Crippen LogP contribution in [0.5, 0.6) is 0 Å². The van der Waals surface area contributed by atoms with Gasteiger partial charge in [-0.2, -0.15) is 0 Å². The first-order valence-corrected chi connectivity index (χ1v) is 5.37. The van der Waals surface area contributed by atoms with Gasteiger partial charge in [0.1, 0.15) is 0 Å². The number of aryl methyl sites for hydroxylation is 1. The van der Waals surface area contributed by atoms with E-state index in [0.29, 0.717) is 6.54 Å². The van der Waals surface area contributed by atoms with E-state index in [1.54, 1.807) is 11.3 Å². The molecule has 0 aliphatic carbocycles. The predicted octanol–water partition coefficient (Wildman–Crippen LogP) is 1.46. The Bertz CT molecular complexity index is 402. The summed E-state index contributed by atoms with van der Waals surface area (Å²) in [6.45, 7) is 2.85. The van der Waals surface area contributed by atoms with Crippen molar-refractivity contribution in [2.45, 2.75) is 19.8 Å². The van der Waals surface area contributed by atoms with Gasteiger partial charge in [-0.05, 0) is 13.0 Å². The lowest BCUT2D eigenvalue weighted by Gasteiger charge is -1.99. The Hall–Kier alpha value is -0.870. The highest BCUT2D eigenvalue weighted by Crippen LogP contribution is 2.18. The summed E-state index contributed by atoms with van der Waals surface area (Å²) in [7, 11) is 0. The van der Waals surface area contributed by atoms with Gasteiger partial charge < -0.3 is 5.73 Å². The number of rotatable bonds is 3. The molecule has 0 unspecified atom stereocenters. The molecule has 0 bridgehead atoms. The fourth-order valence-electron chi connectivity index (χ4n) is 1.50. The van der Waals surface area contributed by atoms with E-state index in [0.717, 1.165) is 17.8 Å². The first-order chi connectivity index (χ1) is 6.36. The Balaban J connectivity index is 2.54. The number of fused-ring (bicyclic) bond motifs is 1. The molecule has 2 rings (SSSR count). The van der Waals surface area contributed by atoms with Crippen molar-refractivity contribution in [3.05, 3.63) is 23.0 Å². The van der Waals surface area contributed by atoms with Crippen molar-refractivity contribution < 1.29 is 0 Å². The highest BCUT2D eigenvalue weighted by atomic mass is 32.1. The highest BCUT2D eigenvalue weighted by Gasteiger charge is 2.07. The van der Waals surface area contributed by atoms with E-state index in [1.165, 1.54) is 11.4 Å². The van der Waals surface area contributed by atoms with Crippen molar-refractivity contribution >= 4 is 16.3 Å². The number of nitrogens with two attached hydrogens (primary N) is 1. The molecule has 2 heterocycles. The molecule has 0 aliphatic rings. The Kier molecular flexibility index (Phi) is 2.33. The van der Waals surface area contributed by atoms with Crippen LogP contribution in [0.1, 0.15) is 18.3 Å². The molecule has 2 aromatic heterocycles. The Labute approximate surface area is 81.2 Å². The summed E-state index contributed by atoms with van der Waals surface area (Å²) in [5, 5.41) is 2.15. The number of hydrogen-bond donors (Lipinski definition) is 1. The molecule has 0 amide bonds. The normalized spacial score (nSPS) is 11.2. The van der Waals surface area contributed by atoms with Gasteiger partial charge in [0.05, 0.1) is 6.20 Å². The molecule has 0 spiro atoms. The fourth-order valence-corrected chi connectivity index (χ4v) is 2.42. The van der Waals surface area contributed by atoms with Crippen molar-refractivity contribution in [2.75, 3.05) is 6.54 Å². The molecule has 0 saturated heterocycles. The lowest BCUT2D eigenvalue weighted by Crippen LogP contribution is -2.05. The zero-order chi connectivity index (χ0) is 9.26. The molecule has 0 aromatic carbocycles. The van der Waals surface area contributed by atoms with Gasteiger partial charge in [-0.15, -0.1) is 11.3 Å². The minimum absolute atomic E-state index is 0.702. The molecule has 0 radical (unpaired) electrons. The summed E-state index contributed by atoms with van der Waals surface area (Å²) in [6, 6.07) is 0. The molecule has 13 heavy (non-hydrogen) atoms. The summed E-state index contributed by atoms with van der Waals surface area (Å²) in [5.41, 5.74) is 8.11. The van der Waals surface area contributed by atoms with E-state index in [4.69, 9.17) is 5.73 Å². The standard InChI is InChI=1S/C9H13N3S/c1-2-7-5-11-9-12(7)8(3-4-10)6-13-9/h5-6H,2-4,10H2,1H3. The van der Waals surface area contributed by atoms with Crippen LogP contribution < -0.4 is 5.73 Å². The maximum Gasteiger partial charge on any atom is 0.194 e. The Morgan fingerprint density at radius 2 is 2.38 bits per heavy atom. The molecule has 4 heteroatoms. The minimum Gasteiger partial charge on any atom is -0.330 e. The van der Waals surface area contributed by atoms with Crippen molar-refractivity contribution in [3.63, 3.8) is 0 Å². The van der Waals surface area contributed by atoms with Gasteiger partial charge >= 0.3 is 0 Å². The minimum atomic E-state index is 0.702. The largest absolute Gasteiger partial charge is 0.330 e. The van der Waals surface area contributed by atoms with E-state index in [1.807, 2.05) is 6.20 Å². The van der Waals surface area contributed by atoms with Gasteiger partial charge in [0, 0.05) is 23.2 Å². The molecule has 0 saturated carbocycles. The van der Waals surface area contributed by atoms with Gasteiger partial charge in [0.25, 0.3) is 0 Å². The molecular weight excluding hydrogens is 182 g/mol. The zero-order valence-electron chi connectivity index (χ0n) is 7.66. The van der Waals surface area contributed by atoms with Gasteiger partial charge in [-0.3, -0.25) is 4.40 Å². The fraction of sp³-hybridized carbons (Fsp3) is 0.444. The average molecular weight is 195 g/mol. The van der Waals surface area contributed by atoms with Crippen LogP contribution in [0, 0.1) is 0 Å². The maximum absolute atomic E-state index is 5.54. The Morgan fingerprint density at radius 1 is 1.54 bits per heavy atom. The van der Waals surface area contributed by atoms with E-state index >= 15 is 0 Å². The van der Waals surface area contributed by atoms with E-state index < -0.39 is 0 Å². The van der Waals surface area contributed by atoms with Gasteiger partial charge in [0.15, 0.2) is 4.96 Å². The molecule has 0 atom stereocenters. The van der Waals surface area contributed by atoms with E-state index in [-0.39, 0.29) is 0 Å². The van der Waals surface area contributed by atoms with Crippen molar-refractivity contribution in [1.29, 1.82) is 0 Å². The van der Waals surface area contributed by atoms with E-state index in [9.17, 15) is 0 Å². The maximum atomic E-state index is 5.54. The van der Waals surface area contributed by atoms with Gasteiger partial charge in [-0.1, -0.05) is 6.92 Å². The summed E-state index contributed by atoms with van der Waals surface area (Å²) < 4.78 is 2.22. The smallest absolute Gasteiger partial charge is 0.194 e. The SMILES string of the molecule is CCc1cnc2scc(CCN)n12. The molecule has 0 fully saturated rings. The quantitative estimate of drug-likeness (QED) is 0.805. The van der Waals surface area contributed by atoms with Crippen LogP contribution in [-0.2, 0) is 12.8 Å². The van der Waals surface area contributed by atoms with Crippen molar-refractivity contribution in [2.24, 2.45) is 5.73 Å². The van der Waals surface area contributed by atoms with Crippen LogP contribution in [0.4, 0.5) is 0 Å². The third-order valence-corrected chi connectivity index (χ3v) is 3.04. The first-order valence-electron chi connectivity index (χ1n) is 4.49. The van der Waals surface area contributed by atoms with Gasteiger partial charge in [-0.25, -0.2) is 4.98 Å². The lowest BCUT2D eigenvalue weighted by atomic mass is 10.3. The number of aromatic nitrogens is 2. The summed E-state index contributed by atoms with van der Waals surface area (Å²) in [6.07, 6.45) is 3.91. The number of hydrogen-bond acceptors (Lipinski definition) is 3. The molecule has 2 N–H and O–H groups in total. The number of thiazole rings is 1. The lowest BCUT2D eigenvalue weighted by molar-refractivity contribution is 0.875. The van der Waals surface area contributed by atoms with Crippen LogP contribution in [0.2, 0.25) is 0 Å². The molecule has 70 valence electrons. The van der Waals surface area contributed by atoms with E-state index in [2.05, 4.69) is 21.7 Å². The van der Waals surface area contributed by atoms with Crippen molar-refractivity contribution in [3.8, 4) is 0 Å². The van der Waals surface area contributed by atoms with Crippen LogP contribution in [0.25, 0.3) is 4.96 Å². The monoisotopic (exact) mass is 195 g/mol. The average Bonchev–Trinajstić information content (AvgIpc) is 2.68. The zero-order valence-corrected chi connectivity index (χ0v) is 8.47. The molecule has 2 aromatic rings. The number of imidazole rings is 1. The topological polar surface area (TPSA) is 43.3 Å². The summed E-state index contributed by atoms with van der Waals surface area (Å²) in [4.78, 5) is 5.42. The highest BCUT2D eigenvalue weighted by molar-refractivity contribution is 7.15. The number of nitrogens with zero attached hydrogens (tertiary/aromatic N) is 2. The second-order valence-corrected chi connectivity index (χ2v) is 3.82.